The van der Waals surface area contributed by atoms with Crippen molar-refractivity contribution in [3.8, 4) is 0 Å². The van der Waals surface area contributed by atoms with E-state index in [-0.39, 0.29) is 39.3 Å². The molecule has 40 heavy (non-hydrogen) atoms. The number of rotatable bonds is 10. The van der Waals surface area contributed by atoms with Gasteiger partial charge in [0.05, 0.1) is 23.2 Å². The van der Waals surface area contributed by atoms with E-state index >= 15 is 0 Å². The first-order valence-corrected chi connectivity index (χ1v) is 14.5. The standard InChI is InChI=1S/C27H35F4N5O3S/c1-13-9-27(30,31)12-36(13)25(38)20-21(40-24(35-20)23(37)33-11-26(2,3)39)17-10-32-18(8-16(17)22(28)29)34-19(14-4-5-14)15-6-7-15/h8,10,13-15,18-19,22,32,34,39H,4-7,9,11-12H2,1-3H3,(H,33,37). The van der Waals surface area contributed by atoms with Gasteiger partial charge in [0, 0.05) is 42.4 Å². The van der Waals surface area contributed by atoms with Crippen LogP contribution in [0.15, 0.2) is 17.8 Å². The largest absolute Gasteiger partial charge is 0.389 e. The predicted octanol–water partition coefficient (Wildman–Crippen LogP) is 3.75. The van der Waals surface area contributed by atoms with Crippen LogP contribution in [0.5, 0.6) is 0 Å². The fourth-order valence-electron chi connectivity index (χ4n) is 5.37. The fourth-order valence-corrected chi connectivity index (χ4v) is 6.38. The van der Waals surface area contributed by atoms with E-state index in [2.05, 4.69) is 20.9 Å². The molecule has 0 bridgehead atoms. The number of hydrogen-bond acceptors (Lipinski definition) is 7. The van der Waals surface area contributed by atoms with Crippen LogP contribution < -0.4 is 16.0 Å². The summed E-state index contributed by atoms with van der Waals surface area (Å²) in [6.45, 7) is 3.52. The number of aliphatic hydroxyl groups is 1. The third-order valence-corrected chi connectivity index (χ3v) is 8.76. The number of aromatic nitrogens is 1. The number of nitrogens with zero attached hydrogens (tertiary/aromatic N) is 2. The van der Waals surface area contributed by atoms with E-state index < -0.39 is 54.9 Å². The smallest absolute Gasteiger partial charge is 0.280 e. The Morgan fingerprint density at radius 2 is 1.90 bits per heavy atom. The van der Waals surface area contributed by atoms with E-state index in [1.807, 2.05) is 0 Å². The summed E-state index contributed by atoms with van der Waals surface area (Å²) < 4.78 is 57.1. The molecule has 2 unspecified atom stereocenters. The van der Waals surface area contributed by atoms with Gasteiger partial charge in [-0.25, -0.2) is 22.5 Å². The van der Waals surface area contributed by atoms with Crippen molar-refractivity contribution in [2.24, 2.45) is 11.8 Å². The lowest BCUT2D eigenvalue weighted by molar-refractivity contribution is 0.0117. The highest BCUT2D eigenvalue weighted by molar-refractivity contribution is 7.15. The van der Waals surface area contributed by atoms with E-state index in [1.165, 1.54) is 33.0 Å². The normalized spacial score (nSPS) is 24.7. The van der Waals surface area contributed by atoms with Crippen LogP contribution in [0.25, 0.3) is 5.57 Å². The first kappa shape index (κ1) is 29.0. The number of dihydropyridines is 1. The molecule has 1 aromatic rings. The summed E-state index contributed by atoms with van der Waals surface area (Å²) >= 11 is 0.736. The maximum absolute atomic E-state index is 14.4. The molecule has 2 atom stereocenters. The molecule has 3 fully saturated rings. The summed E-state index contributed by atoms with van der Waals surface area (Å²) in [7, 11) is 0. The highest BCUT2D eigenvalue weighted by atomic mass is 32.1. The quantitative estimate of drug-likeness (QED) is 0.312. The second kappa shape index (κ2) is 10.7. The van der Waals surface area contributed by atoms with Gasteiger partial charge in [0.1, 0.15) is 5.69 Å². The molecule has 2 aliphatic carbocycles. The number of amides is 2. The summed E-state index contributed by atoms with van der Waals surface area (Å²) in [5.74, 6) is -3.57. The van der Waals surface area contributed by atoms with Gasteiger partial charge in [-0.05, 0) is 64.4 Å². The Kier molecular flexibility index (Phi) is 7.77. The monoisotopic (exact) mass is 585 g/mol. The Morgan fingerprint density at radius 3 is 2.42 bits per heavy atom. The molecule has 0 aromatic carbocycles. The molecule has 2 aliphatic heterocycles. The third kappa shape index (κ3) is 6.52. The molecule has 4 aliphatic rings. The zero-order chi connectivity index (χ0) is 29.0. The number of carbonyl (C=O) groups is 2. The topological polar surface area (TPSA) is 107 Å². The van der Waals surface area contributed by atoms with Gasteiger partial charge in [-0.1, -0.05) is 0 Å². The zero-order valence-corrected chi connectivity index (χ0v) is 23.5. The number of carbonyl (C=O) groups excluding carboxylic acids is 2. The van der Waals surface area contributed by atoms with Gasteiger partial charge in [-0.3, -0.25) is 14.9 Å². The number of alkyl halides is 4. The van der Waals surface area contributed by atoms with Crippen molar-refractivity contribution in [3.05, 3.63) is 33.4 Å². The Hall–Kier alpha value is -2.51. The maximum atomic E-state index is 14.4. The third-order valence-electron chi connectivity index (χ3n) is 7.67. The Balaban J connectivity index is 1.46. The van der Waals surface area contributed by atoms with Crippen molar-refractivity contribution < 1.29 is 32.3 Å². The second-order valence-corrected chi connectivity index (χ2v) is 13.0. The molecule has 13 heteroatoms. The second-order valence-electron chi connectivity index (χ2n) is 12.0. The number of likely N-dealkylation sites (tertiary alicyclic amines) is 1. The summed E-state index contributed by atoms with van der Waals surface area (Å²) in [6, 6.07) is -0.559. The molecule has 8 nitrogen and oxygen atoms in total. The zero-order valence-electron chi connectivity index (χ0n) is 22.6. The molecule has 2 amide bonds. The Labute approximate surface area is 234 Å². The van der Waals surface area contributed by atoms with Crippen LogP contribution in [0.4, 0.5) is 17.6 Å². The molecule has 0 spiro atoms. The van der Waals surface area contributed by atoms with Gasteiger partial charge in [0.15, 0.2) is 5.01 Å². The van der Waals surface area contributed by atoms with Crippen LogP contribution in [0.3, 0.4) is 0 Å². The first-order chi connectivity index (χ1) is 18.7. The Bertz CT molecular complexity index is 1210. The van der Waals surface area contributed by atoms with Crippen molar-refractivity contribution in [2.75, 3.05) is 13.1 Å². The molecule has 5 rings (SSSR count). The fraction of sp³-hybridized carbons (Fsp3) is 0.667. The van der Waals surface area contributed by atoms with E-state index in [9.17, 15) is 32.3 Å². The van der Waals surface area contributed by atoms with Crippen molar-refractivity contribution in [2.45, 2.75) is 89.1 Å². The number of thiazole rings is 1. The van der Waals surface area contributed by atoms with Gasteiger partial charge >= 0.3 is 0 Å². The molecule has 1 saturated heterocycles. The number of hydrogen-bond donors (Lipinski definition) is 4. The van der Waals surface area contributed by atoms with Crippen LogP contribution in [0.1, 0.15) is 78.0 Å². The number of nitrogens with one attached hydrogen (secondary N) is 3. The highest BCUT2D eigenvalue weighted by Crippen LogP contribution is 2.45. The van der Waals surface area contributed by atoms with Gasteiger partial charge in [0.25, 0.3) is 24.2 Å². The van der Waals surface area contributed by atoms with Crippen molar-refractivity contribution in [1.29, 1.82) is 0 Å². The molecule has 2 saturated carbocycles. The lowest BCUT2D eigenvalue weighted by Gasteiger charge is -2.29. The predicted molar refractivity (Wildman–Crippen MR) is 142 cm³/mol. The summed E-state index contributed by atoms with van der Waals surface area (Å²) in [6.07, 6.45) is 3.28. The SMILES string of the molecule is CC1CC(F)(F)CN1C(=O)c1nc(C(=O)NCC(C)(C)O)sc1C1=CNC(NC(C2CC2)C2CC2)C=C1C(F)F. The molecule has 4 N–H and O–H groups in total. The average molecular weight is 586 g/mol. The number of halogens is 4. The van der Waals surface area contributed by atoms with Crippen molar-refractivity contribution >= 4 is 28.7 Å². The summed E-state index contributed by atoms with van der Waals surface area (Å²) in [4.78, 5) is 31.5. The van der Waals surface area contributed by atoms with Crippen molar-refractivity contribution in [3.63, 3.8) is 0 Å². The summed E-state index contributed by atoms with van der Waals surface area (Å²) in [5, 5.41) is 18.9. The lowest BCUT2D eigenvalue weighted by atomic mass is 9.99. The van der Waals surface area contributed by atoms with Gasteiger partial charge in [-0.15, -0.1) is 11.3 Å². The lowest BCUT2D eigenvalue weighted by Crippen LogP contribution is -2.48. The maximum Gasteiger partial charge on any atom is 0.280 e. The van der Waals surface area contributed by atoms with Gasteiger partial charge in [0.2, 0.25) is 0 Å². The van der Waals surface area contributed by atoms with Gasteiger partial charge in [-0.2, -0.15) is 0 Å². The summed E-state index contributed by atoms with van der Waals surface area (Å²) in [5.41, 5.74) is -1.90. The van der Waals surface area contributed by atoms with Crippen LogP contribution in [0, 0.1) is 11.8 Å². The van der Waals surface area contributed by atoms with Crippen LogP contribution in [-0.2, 0) is 0 Å². The minimum atomic E-state index is -3.09. The van der Waals surface area contributed by atoms with E-state index in [1.54, 1.807) is 0 Å². The first-order valence-electron chi connectivity index (χ1n) is 13.7. The highest BCUT2D eigenvalue weighted by Gasteiger charge is 2.47. The van der Waals surface area contributed by atoms with Crippen LogP contribution >= 0.6 is 11.3 Å². The molecular weight excluding hydrogens is 550 g/mol. The Morgan fingerprint density at radius 1 is 1.25 bits per heavy atom. The van der Waals surface area contributed by atoms with Crippen molar-refractivity contribution in [1.82, 2.24) is 25.8 Å². The minimum absolute atomic E-state index is 0.000684. The van der Waals surface area contributed by atoms with E-state index in [0.29, 0.717) is 11.8 Å². The van der Waals surface area contributed by atoms with Gasteiger partial charge < -0.3 is 20.6 Å². The average Bonchev–Trinajstić information content (AvgIpc) is 3.80. The molecule has 220 valence electrons. The molecule has 3 heterocycles. The van der Waals surface area contributed by atoms with E-state index in [4.69, 9.17) is 0 Å². The molecule has 1 aromatic heterocycles. The molecular formula is C27H35F4N5O3S. The van der Waals surface area contributed by atoms with E-state index in [0.717, 1.165) is 41.9 Å². The molecule has 0 radical (unpaired) electrons. The van der Waals surface area contributed by atoms with Crippen LogP contribution in [-0.4, -0.2) is 76.1 Å². The minimum Gasteiger partial charge on any atom is -0.389 e. The number of allylic oxidation sites excluding steroid dienone is 2. The van der Waals surface area contributed by atoms with Crippen LogP contribution in [0.2, 0.25) is 0 Å².